The van der Waals surface area contributed by atoms with E-state index in [-0.39, 0.29) is 12.2 Å². The quantitative estimate of drug-likeness (QED) is 0.655. The first-order valence-electron chi connectivity index (χ1n) is 7.04. The van der Waals surface area contributed by atoms with E-state index in [0.29, 0.717) is 25.2 Å². The topological polar surface area (TPSA) is 53.7 Å². The Kier molecular flexibility index (Phi) is 4.94. The molecule has 1 N–H and O–H groups in total. The fourth-order valence-electron chi connectivity index (χ4n) is 2.46. The standard InChI is InChI=1S/C17H21NO3/c1-4-7-18(8-9-19)11-14-10-16(20)21-17-13(3)12(2)5-6-15(14)17/h4-6,10,19H,1,7-9,11H2,2-3H3. The molecule has 0 aliphatic heterocycles. The van der Waals surface area contributed by atoms with E-state index in [0.717, 1.165) is 22.1 Å². The zero-order valence-electron chi connectivity index (χ0n) is 12.6. The zero-order chi connectivity index (χ0) is 15.4. The van der Waals surface area contributed by atoms with Crippen LogP contribution in [-0.4, -0.2) is 29.7 Å². The van der Waals surface area contributed by atoms with Crippen molar-refractivity contribution in [1.29, 1.82) is 0 Å². The van der Waals surface area contributed by atoms with Gasteiger partial charge in [0, 0.05) is 31.1 Å². The number of aryl methyl sites for hydroxylation is 2. The molecule has 0 spiro atoms. The van der Waals surface area contributed by atoms with Crippen LogP contribution in [-0.2, 0) is 6.54 Å². The van der Waals surface area contributed by atoms with Gasteiger partial charge < -0.3 is 9.52 Å². The summed E-state index contributed by atoms with van der Waals surface area (Å²) in [6.07, 6.45) is 1.79. The van der Waals surface area contributed by atoms with E-state index < -0.39 is 0 Å². The normalized spacial score (nSPS) is 11.2. The van der Waals surface area contributed by atoms with Gasteiger partial charge in [0.2, 0.25) is 0 Å². The fraction of sp³-hybridized carbons (Fsp3) is 0.353. The highest BCUT2D eigenvalue weighted by atomic mass is 16.4. The van der Waals surface area contributed by atoms with Gasteiger partial charge in [-0.15, -0.1) is 6.58 Å². The van der Waals surface area contributed by atoms with E-state index in [2.05, 4.69) is 6.58 Å². The number of nitrogens with zero attached hydrogens (tertiary/aromatic N) is 1. The summed E-state index contributed by atoms with van der Waals surface area (Å²) in [5, 5.41) is 10.1. The van der Waals surface area contributed by atoms with Crippen LogP contribution in [0.3, 0.4) is 0 Å². The molecule has 112 valence electrons. The van der Waals surface area contributed by atoms with Crippen molar-refractivity contribution in [3.63, 3.8) is 0 Å². The Labute approximate surface area is 124 Å². The van der Waals surface area contributed by atoms with Crippen molar-refractivity contribution in [2.45, 2.75) is 20.4 Å². The molecule has 1 aromatic carbocycles. The molecule has 2 aromatic rings. The molecule has 0 unspecified atom stereocenters. The lowest BCUT2D eigenvalue weighted by Gasteiger charge is -2.20. The number of rotatable bonds is 6. The molecule has 4 heteroatoms. The second kappa shape index (κ2) is 6.70. The van der Waals surface area contributed by atoms with Gasteiger partial charge in [-0.05, 0) is 30.5 Å². The predicted octanol–water partition coefficient (Wildman–Crippen LogP) is 2.39. The molecular formula is C17H21NO3. The van der Waals surface area contributed by atoms with Crippen LogP contribution < -0.4 is 5.63 Å². The van der Waals surface area contributed by atoms with E-state index >= 15 is 0 Å². The van der Waals surface area contributed by atoms with Crippen molar-refractivity contribution in [2.75, 3.05) is 19.7 Å². The average Bonchev–Trinajstić information content (AvgIpc) is 2.44. The molecule has 1 aromatic heterocycles. The molecule has 1 heterocycles. The van der Waals surface area contributed by atoms with Crippen molar-refractivity contribution in [1.82, 2.24) is 4.90 Å². The van der Waals surface area contributed by atoms with Gasteiger partial charge in [-0.3, -0.25) is 4.90 Å². The molecule has 0 aliphatic rings. The number of fused-ring (bicyclic) bond motifs is 1. The highest BCUT2D eigenvalue weighted by Gasteiger charge is 2.12. The van der Waals surface area contributed by atoms with Crippen LogP contribution in [0.25, 0.3) is 11.0 Å². The second-order valence-corrected chi connectivity index (χ2v) is 5.22. The maximum absolute atomic E-state index is 11.8. The SMILES string of the molecule is C=CCN(CCO)Cc1cc(=O)oc2c(C)c(C)ccc12. The Morgan fingerprint density at radius 3 is 2.81 bits per heavy atom. The summed E-state index contributed by atoms with van der Waals surface area (Å²) in [6.45, 7) is 9.54. The van der Waals surface area contributed by atoms with E-state index in [1.807, 2.05) is 30.9 Å². The molecule has 21 heavy (non-hydrogen) atoms. The second-order valence-electron chi connectivity index (χ2n) is 5.22. The van der Waals surface area contributed by atoms with Crippen molar-refractivity contribution in [3.05, 3.63) is 58.0 Å². The monoisotopic (exact) mass is 287 g/mol. The highest BCUT2D eigenvalue weighted by Crippen LogP contribution is 2.24. The number of aliphatic hydroxyl groups is 1. The first-order valence-corrected chi connectivity index (χ1v) is 7.04. The summed E-state index contributed by atoms with van der Waals surface area (Å²) in [6, 6.07) is 5.55. The molecule has 0 aliphatic carbocycles. The van der Waals surface area contributed by atoms with Crippen molar-refractivity contribution in [3.8, 4) is 0 Å². The van der Waals surface area contributed by atoms with E-state index in [1.165, 1.54) is 6.07 Å². The summed E-state index contributed by atoms with van der Waals surface area (Å²) in [7, 11) is 0. The third-order valence-electron chi connectivity index (χ3n) is 3.71. The lowest BCUT2D eigenvalue weighted by molar-refractivity contribution is 0.203. The minimum atomic E-state index is -0.339. The van der Waals surface area contributed by atoms with Gasteiger partial charge in [0.25, 0.3) is 0 Å². The molecule has 0 saturated heterocycles. The maximum Gasteiger partial charge on any atom is 0.336 e. The first-order chi connectivity index (χ1) is 10.1. The van der Waals surface area contributed by atoms with Gasteiger partial charge >= 0.3 is 5.63 Å². The minimum Gasteiger partial charge on any atom is -0.422 e. The highest BCUT2D eigenvalue weighted by molar-refractivity contribution is 5.83. The first kappa shape index (κ1) is 15.5. The summed E-state index contributed by atoms with van der Waals surface area (Å²) in [5.74, 6) is 0. The number of benzene rings is 1. The average molecular weight is 287 g/mol. The molecule has 0 saturated carbocycles. The third kappa shape index (κ3) is 3.40. The Morgan fingerprint density at radius 2 is 2.14 bits per heavy atom. The van der Waals surface area contributed by atoms with Gasteiger partial charge in [-0.2, -0.15) is 0 Å². The predicted molar refractivity (Wildman–Crippen MR) is 84.5 cm³/mol. The Bertz CT molecular complexity index is 703. The number of hydrogen-bond acceptors (Lipinski definition) is 4. The fourth-order valence-corrected chi connectivity index (χ4v) is 2.46. The summed E-state index contributed by atoms with van der Waals surface area (Å²) in [5.41, 5.74) is 3.32. The van der Waals surface area contributed by atoms with E-state index in [1.54, 1.807) is 6.08 Å². The van der Waals surface area contributed by atoms with Crippen molar-refractivity contribution < 1.29 is 9.52 Å². The zero-order valence-corrected chi connectivity index (χ0v) is 12.6. The summed E-state index contributed by atoms with van der Waals surface area (Å²) >= 11 is 0. The van der Waals surface area contributed by atoms with Crippen LogP contribution in [0.4, 0.5) is 0 Å². The summed E-state index contributed by atoms with van der Waals surface area (Å²) < 4.78 is 5.37. The number of hydrogen-bond donors (Lipinski definition) is 1. The third-order valence-corrected chi connectivity index (χ3v) is 3.71. The van der Waals surface area contributed by atoms with Gasteiger partial charge in [0.15, 0.2) is 0 Å². The van der Waals surface area contributed by atoms with Crippen LogP contribution in [0.5, 0.6) is 0 Å². The van der Waals surface area contributed by atoms with Crippen LogP contribution in [0.2, 0.25) is 0 Å². The maximum atomic E-state index is 11.8. The van der Waals surface area contributed by atoms with Gasteiger partial charge in [-0.25, -0.2) is 4.79 Å². The molecule has 4 nitrogen and oxygen atoms in total. The minimum absolute atomic E-state index is 0.0748. The molecular weight excluding hydrogens is 266 g/mol. The lowest BCUT2D eigenvalue weighted by Crippen LogP contribution is -2.27. The van der Waals surface area contributed by atoms with Gasteiger partial charge in [-0.1, -0.05) is 18.2 Å². The summed E-state index contributed by atoms with van der Waals surface area (Å²) in [4.78, 5) is 13.8. The van der Waals surface area contributed by atoms with Crippen LogP contribution in [0.1, 0.15) is 16.7 Å². The van der Waals surface area contributed by atoms with Crippen molar-refractivity contribution >= 4 is 11.0 Å². The van der Waals surface area contributed by atoms with Gasteiger partial charge in [0.1, 0.15) is 5.58 Å². The molecule has 0 amide bonds. The van der Waals surface area contributed by atoms with Gasteiger partial charge in [0.05, 0.1) is 6.61 Å². The molecule has 2 rings (SSSR count). The Morgan fingerprint density at radius 1 is 1.38 bits per heavy atom. The smallest absolute Gasteiger partial charge is 0.336 e. The molecule has 0 bridgehead atoms. The number of aliphatic hydroxyl groups excluding tert-OH is 1. The van der Waals surface area contributed by atoms with E-state index in [4.69, 9.17) is 9.52 Å². The van der Waals surface area contributed by atoms with Crippen LogP contribution in [0, 0.1) is 13.8 Å². The van der Waals surface area contributed by atoms with E-state index in [9.17, 15) is 4.79 Å². The van der Waals surface area contributed by atoms with Crippen LogP contribution >= 0.6 is 0 Å². The Balaban J connectivity index is 2.50. The van der Waals surface area contributed by atoms with Crippen LogP contribution in [0.15, 0.2) is 40.1 Å². The molecule has 0 atom stereocenters. The molecule has 0 radical (unpaired) electrons. The largest absolute Gasteiger partial charge is 0.422 e. The van der Waals surface area contributed by atoms with Crippen molar-refractivity contribution in [2.24, 2.45) is 0 Å². The molecule has 0 fully saturated rings. The lowest BCUT2D eigenvalue weighted by atomic mass is 10.0. The Hall–Kier alpha value is -1.91.